The molecule has 0 saturated carbocycles. The fraction of sp³-hybridized carbons (Fsp3) is 0.769. The van der Waals surface area contributed by atoms with Gasteiger partial charge in [0.15, 0.2) is 0 Å². The second-order valence-corrected chi connectivity index (χ2v) is 4.34. The van der Waals surface area contributed by atoms with Crippen LogP contribution in [0.1, 0.15) is 40.0 Å². The molecule has 0 aliphatic carbocycles. The number of carbonyl (C=O) groups excluding carboxylic acids is 1. The fourth-order valence-corrected chi connectivity index (χ4v) is 1.53. The Labute approximate surface area is 99.9 Å². The number of rotatable bonds is 9. The maximum Gasteiger partial charge on any atom is 0.222 e. The molecule has 0 bridgehead atoms. The van der Waals surface area contributed by atoms with Gasteiger partial charge in [0.2, 0.25) is 5.91 Å². The van der Waals surface area contributed by atoms with Crippen molar-refractivity contribution in [2.75, 3.05) is 19.6 Å². The van der Waals surface area contributed by atoms with Crippen LogP contribution in [0.15, 0.2) is 12.7 Å². The van der Waals surface area contributed by atoms with Crippen LogP contribution in [-0.4, -0.2) is 36.5 Å². The maximum absolute atomic E-state index is 11.8. The van der Waals surface area contributed by atoms with Gasteiger partial charge in [-0.05, 0) is 19.4 Å². The Morgan fingerprint density at radius 2 is 2.19 bits per heavy atom. The lowest BCUT2D eigenvalue weighted by molar-refractivity contribution is -0.130. The van der Waals surface area contributed by atoms with Crippen molar-refractivity contribution < 1.29 is 4.79 Å². The Kier molecular flexibility index (Phi) is 8.91. The SMILES string of the molecule is C=CCN(CCC)C(=O)CCCNC(C)C. The highest BCUT2D eigenvalue weighted by Crippen LogP contribution is 1.99. The second kappa shape index (κ2) is 9.40. The summed E-state index contributed by atoms with van der Waals surface area (Å²) >= 11 is 0. The first-order valence-electron chi connectivity index (χ1n) is 6.23. The van der Waals surface area contributed by atoms with Crippen LogP contribution in [0.2, 0.25) is 0 Å². The smallest absolute Gasteiger partial charge is 0.222 e. The Hall–Kier alpha value is -0.830. The summed E-state index contributed by atoms with van der Waals surface area (Å²) in [6.07, 6.45) is 4.34. The number of carbonyl (C=O) groups is 1. The molecule has 0 rings (SSSR count). The minimum absolute atomic E-state index is 0.243. The van der Waals surface area contributed by atoms with E-state index in [1.54, 1.807) is 6.08 Å². The second-order valence-electron chi connectivity index (χ2n) is 4.34. The van der Waals surface area contributed by atoms with E-state index in [-0.39, 0.29) is 5.91 Å². The summed E-state index contributed by atoms with van der Waals surface area (Å²) in [4.78, 5) is 13.7. The van der Waals surface area contributed by atoms with Gasteiger partial charge in [0.25, 0.3) is 0 Å². The zero-order valence-electron chi connectivity index (χ0n) is 11.0. The van der Waals surface area contributed by atoms with Crippen LogP contribution in [0.3, 0.4) is 0 Å². The molecular weight excluding hydrogens is 200 g/mol. The molecule has 16 heavy (non-hydrogen) atoms. The Morgan fingerprint density at radius 3 is 2.69 bits per heavy atom. The van der Waals surface area contributed by atoms with E-state index in [2.05, 4.69) is 32.7 Å². The lowest BCUT2D eigenvalue weighted by Gasteiger charge is -2.20. The highest BCUT2D eigenvalue weighted by molar-refractivity contribution is 5.76. The van der Waals surface area contributed by atoms with Gasteiger partial charge in [-0.25, -0.2) is 0 Å². The predicted octanol–water partition coefficient (Wildman–Crippen LogP) is 2.19. The number of nitrogens with one attached hydrogen (secondary N) is 1. The maximum atomic E-state index is 11.8. The minimum Gasteiger partial charge on any atom is -0.339 e. The van der Waals surface area contributed by atoms with Crippen LogP contribution < -0.4 is 5.32 Å². The van der Waals surface area contributed by atoms with Crippen molar-refractivity contribution in [3.05, 3.63) is 12.7 Å². The lowest BCUT2D eigenvalue weighted by atomic mass is 10.2. The van der Waals surface area contributed by atoms with Gasteiger partial charge in [0.1, 0.15) is 0 Å². The third-order valence-corrected chi connectivity index (χ3v) is 2.32. The Balaban J connectivity index is 3.77. The zero-order chi connectivity index (χ0) is 12.4. The Bertz CT molecular complexity index is 202. The molecule has 94 valence electrons. The molecule has 0 radical (unpaired) electrons. The molecular formula is C13H26N2O. The quantitative estimate of drug-likeness (QED) is 0.483. The molecule has 0 heterocycles. The monoisotopic (exact) mass is 226 g/mol. The molecule has 0 aliphatic rings. The van der Waals surface area contributed by atoms with Crippen molar-refractivity contribution in [2.24, 2.45) is 0 Å². The molecule has 0 fully saturated rings. The van der Waals surface area contributed by atoms with Gasteiger partial charge in [-0.2, -0.15) is 0 Å². The molecule has 3 heteroatoms. The lowest BCUT2D eigenvalue weighted by Crippen LogP contribution is -2.32. The van der Waals surface area contributed by atoms with E-state index in [4.69, 9.17) is 0 Å². The van der Waals surface area contributed by atoms with Gasteiger partial charge >= 0.3 is 0 Å². The molecule has 0 spiro atoms. The predicted molar refractivity (Wildman–Crippen MR) is 69.4 cm³/mol. The van der Waals surface area contributed by atoms with Gasteiger partial charge in [-0.3, -0.25) is 4.79 Å². The van der Waals surface area contributed by atoms with E-state index in [1.807, 2.05) is 4.90 Å². The molecule has 0 aliphatic heterocycles. The molecule has 0 saturated heterocycles. The number of hydrogen-bond donors (Lipinski definition) is 1. The molecule has 0 aromatic carbocycles. The molecule has 0 unspecified atom stereocenters. The van der Waals surface area contributed by atoms with Gasteiger partial charge in [0.05, 0.1) is 0 Å². The van der Waals surface area contributed by atoms with Crippen molar-refractivity contribution in [3.8, 4) is 0 Å². The van der Waals surface area contributed by atoms with E-state index in [1.165, 1.54) is 0 Å². The summed E-state index contributed by atoms with van der Waals surface area (Å²) in [5, 5.41) is 3.31. The number of hydrogen-bond acceptors (Lipinski definition) is 2. The van der Waals surface area contributed by atoms with Crippen molar-refractivity contribution in [3.63, 3.8) is 0 Å². The van der Waals surface area contributed by atoms with Crippen molar-refractivity contribution in [1.82, 2.24) is 10.2 Å². The van der Waals surface area contributed by atoms with E-state index in [0.29, 0.717) is 19.0 Å². The van der Waals surface area contributed by atoms with Crippen molar-refractivity contribution in [2.45, 2.75) is 46.1 Å². The first kappa shape index (κ1) is 15.2. The van der Waals surface area contributed by atoms with Crippen molar-refractivity contribution in [1.29, 1.82) is 0 Å². The third kappa shape index (κ3) is 7.46. The highest BCUT2D eigenvalue weighted by Gasteiger charge is 2.10. The molecule has 3 nitrogen and oxygen atoms in total. The average Bonchev–Trinajstić information content (AvgIpc) is 2.23. The van der Waals surface area contributed by atoms with Crippen molar-refractivity contribution >= 4 is 5.91 Å². The van der Waals surface area contributed by atoms with Crippen LogP contribution in [0.4, 0.5) is 0 Å². The summed E-state index contributed by atoms with van der Waals surface area (Å²) in [6, 6.07) is 0.495. The first-order valence-corrected chi connectivity index (χ1v) is 6.23. The normalized spacial score (nSPS) is 10.5. The van der Waals surface area contributed by atoms with Gasteiger partial charge in [-0.15, -0.1) is 6.58 Å². The van der Waals surface area contributed by atoms with Gasteiger partial charge < -0.3 is 10.2 Å². The van der Waals surface area contributed by atoms with Crippen LogP contribution in [0, 0.1) is 0 Å². The van der Waals surface area contributed by atoms with E-state index >= 15 is 0 Å². The van der Waals surface area contributed by atoms with Crippen LogP contribution in [-0.2, 0) is 4.79 Å². The zero-order valence-corrected chi connectivity index (χ0v) is 11.0. The Morgan fingerprint density at radius 1 is 1.50 bits per heavy atom. The number of nitrogens with zero attached hydrogens (tertiary/aromatic N) is 1. The van der Waals surface area contributed by atoms with E-state index in [9.17, 15) is 4.79 Å². The fourth-order valence-electron chi connectivity index (χ4n) is 1.53. The highest BCUT2D eigenvalue weighted by atomic mass is 16.2. The standard InChI is InChI=1S/C13H26N2O/c1-5-10-15(11-6-2)13(16)8-7-9-14-12(3)4/h5,12,14H,1,6-11H2,2-4H3. The molecule has 0 atom stereocenters. The molecule has 0 aromatic rings. The number of amides is 1. The summed E-state index contributed by atoms with van der Waals surface area (Å²) in [5.41, 5.74) is 0. The third-order valence-electron chi connectivity index (χ3n) is 2.32. The van der Waals surface area contributed by atoms with Crippen LogP contribution in [0.5, 0.6) is 0 Å². The van der Waals surface area contributed by atoms with Crippen LogP contribution >= 0.6 is 0 Å². The summed E-state index contributed by atoms with van der Waals surface area (Å²) < 4.78 is 0. The summed E-state index contributed by atoms with van der Waals surface area (Å²) in [5.74, 6) is 0.243. The molecule has 1 N–H and O–H groups in total. The summed E-state index contributed by atoms with van der Waals surface area (Å²) in [6.45, 7) is 12.4. The van der Waals surface area contributed by atoms with Gasteiger partial charge in [0, 0.05) is 25.6 Å². The average molecular weight is 226 g/mol. The minimum atomic E-state index is 0.243. The molecule has 0 aromatic heterocycles. The topological polar surface area (TPSA) is 32.3 Å². The largest absolute Gasteiger partial charge is 0.339 e. The summed E-state index contributed by atoms with van der Waals surface area (Å²) in [7, 11) is 0. The van der Waals surface area contributed by atoms with E-state index in [0.717, 1.165) is 25.9 Å². The van der Waals surface area contributed by atoms with E-state index < -0.39 is 0 Å². The van der Waals surface area contributed by atoms with Crippen LogP contribution in [0.25, 0.3) is 0 Å². The molecule has 1 amide bonds. The van der Waals surface area contributed by atoms with Gasteiger partial charge in [-0.1, -0.05) is 26.8 Å². The first-order chi connectivity index (χ1) is 7.61.